The van der Waals surface area contributed by atoms with Crippen LogP contribution in [-0.4, -0.2) is 34.3 Å². The minimum absolute atomic E-state index is 0.219. The molecular formula is C7H16N2O2S. The van der Waals surface area contributed by atoms with E-state index in [-0.39, 0.29) is 12.4 Å². The molecule has 5 heteroatoms. The summed E-state index contributed by atoms with van der Waals surface area (Å²) in [6, 6.07) is 0. The van der Waals surface area contributed by atoms with Crippen molar-refractivity contribution in [2.24, 2.45) is 16.8 Å². The average Bonchev–Trinajstić information content (AvgIpc) is 2.11. The molecule has 0 aromatic rings. The van der Waals surface area contributed by atoms with Crippen LogP contribution in [0.1, 0.15) is 13.3 Å². The first kappa shape index (κ1) is 11.6. The van der Waals surface area contributed by atoms with Gasteiger partial charge in [-0.3, -0.25) is 0 Å². The first-order valence-electron chi connectivity index (χ1n) is 3.85. The third kappa shape index (κ3) is 6.30. The van der Waals surface area contributed by atoms with Gasteiger partial charge in [-0.05, 0) is 11.7 Å². The third-order valence-electron chi connectivity index (χ3n) is 1.35. The number of aliphatic hydroxyl groups excluding tert-OH is 1. The van der Waals surface area contributed by atoms with Crippen molar-refractivity contribution in [3.63, 3.8) is 0 Å². The van der Waals surface area contributed by atoms with Gasteiger partial charge in [0, 0.05) is 18.8 Å². The topological polar surface area (TPSA) is 78.8 Å². The Balaban J connectivity index is 3.21. The Morgan fingerprint density at radius 2 is 2.33 bits per heavy atom. The van der Waals surface area contributed by atoms with E-state index in [1.54, 1.807) is 11.8 Å². The highest BCUT2D eigenvalue weighted by molar-refractivity contribution is 7.99. The van der Waals surface area contributed by atoms with Crippen molar-refractivity contribution in [1.82, 2.24) is 0 Å². The highest BCUT2D eigenvalue weighted by Crippen LogP contribution is 2.08. The molecule has 72 valence electrons. The quantitative estimate of drug-likeness (QED) is 0.188. The fraction of sp³-hybridized carbons (Fsp3) is 0.857. The molecule has 0 saturated heterocycles. The Morgan fingerprint density at radius 3 is 2.83 bits per heavy atom. The fourth-order valence-corrected chi connectivity index (χ4v) is 1.59. The molecule has 0 spiro atoms. The van der Waals surface area contributed by atoms with Gasteiger partial charge in [0.1, 0.15) is 5.84 Å². The van der Waals surface area contributed by atoms with Crippen molar-refractivity contribution in [3.05, 3.63) is 0 Å². The number of thioether (sulfide) groups is 1. The second-order valence-corrected chi connectivity index (χ2v) is 3.85. The van der Waals surface area contributed by atoms with Crippen molar-refractivity contribution >= 4 is 17.6 Å². The van der Waals surface area contributed by atoms with E-state index in [1.807, 2.05) is 6.92 Å². The van der Waals surface area contributed by atoms with Crippen molar-refractivity contribution in [3.8, 4) is 0 Å². The standard InChI is InChI=1S/C7H16N2O2S/c1-6(4-10)5-12-3-2-7(8)9-11/h6,10-11H,2-5H2,1H3,(H2,8,9). The lowest BCUT2D eigenvalue weighted by molar-refractivity contribution is 0.250. The number of hydrogen-bond acceptors (Lipinski definition) is 4. The van der Waals surface area contributed by atoms with Gasteiger partial charge in [-0.1, -0.05) is 12.1 Å². The van der Waals surface area contributed by atoms with E-state index in [1.165, 1.54) is 0 Å². The number of aliphatic hydroxyl groups is 1. The van der Waals surface area contributed by atoms with Crippen LogP contribution >= 0.6 is 11.8 Å². The van der Waals surface area contributed by atoms with E-state index < -0.39 is 0 Å². The molecule has 0 aliphatic heterocycles. The molecule has 0 fully saturated rings. The predicted octanol–water partition coefficient (Wildman–Crippen LogP) is 0.484. The molecule has 4 N–H and O–H groups in total. The van der Waals surface area contributed by atoms with Crippen LogP contribution in [0, 0.1) is 5.92 Å². The van der Waals surface area contributed by atoms with Crippen molar-refractivity contribution < 1.29 is 10.3 Å². The van der Waals surface area contributed by atoms with Gasteiger partial charge < -0.3 is 16.0 Å². The van der Waals surface area contributed by atoms with Crippen LogP contribution in [0.5, 0.6) is 0 Å². The molecule has 1 unspecified atom stereocenters. The second kappa shape index (κ2) is 7.24. The zero-order valence-electron chi connectivity index (χ0n) is 7.23. The van der Waals surface area contributed by atoms with Gasteiger partial charge in [0.15, 0.2) is 0 Å². The lowest BCUT2D eigenvalue weighted by atomic mass is 10.2. The minimum atomic E-state index is 0.219. The van der Waals surface area contributed by atoms with Crippen LogP contribution in [0.25, 0.3) is 0 Å². The summed E-state index contributed by atoms with van der Waals surface area (Å²) in [6.07, 6.45) is 0.597. The fourth-order valence-electron chi connectivity index (χ4n) is 0.564. The molecule has 0 aliphatic carbocycles. The Bertz CT molecular complexity index is 141. The summed E-state index contributed by atoms with van der Waals surface area (Å²) in [5, 5.41) is 19.7. The lowest BCUT2D eigenvalue weighted by Gasteiger charge is -2.05. The van der Waals surface area contributed by atoms with Crippen LogP contribution in [0.4, 0.5) is 0 Å². The van der Waals surface area contributed by atoms with E-state index in [0.717, 1.165) is 11.5 Å². The molecule has 0 radical (unpaired) electrons. The van der Waals surface area contributed by atoms with Gasteiger partial charge in [0.2, 0.25) is 0 Å². The van der Waals surface area contributed by atoms with Crippen LogP contribution in [0.3, 0.4) is 0 Å². The van der Waals surface area contributed by atoms with Crippen LogP contribution in [0.15, 0.2) is 5.16 Å². The van der Waals surface area contributed by atoms with Gasteiger partial charge >= 0.3 is 0 Å². The van der Waals surface area contributed by atoms with Crippen LogP contribution in [-0.2, 0) is 0 Å². The Morgan fingerprint density at radius 1 is 1.67 bits per heavy atom. The summed E-state index contributed by atoms with van der Waals surface area (Å²) in [6.45, 7) is 2.20. The summed E-state index contributed by atoms with van der Waals surface area (Å²) < 4.78 is 0. The molecular weight excluding hydrogens is 176 g/mol. The molecule has 0 bridgehead atoms. The van der Waals surface area contributed by atoms with Crippen LogP contribution in [0.2, 0.25) is 0 Å². The summed E-state index contributed by atoms with van der Waals surface area (Å²) in [4.78, 5) is 0. The van der Waals surface area contributed by atoms with E-state index >= 15 is 0 Å². The molecule has 0 heterocycles. The van der Waals surface area contributed by atoms with Crippen molar-refractivity contribution in [1.29, 1.82) is 0 Å². The minimum Gasteiger partial charge on any atom is -0.409 e. The first-order valence-corrected chi connectivity index (χ1v) is 5.01. The first-order chi connectivity index (χ1) is 5.70. The Kier molecular flexibility index (Phi) is 6.99. The van der Waals surface area contributed by atoms with Crippen LogP contribution < -0.4 is 5.73 Å². The number of rotatable bonds is 6. The largest absolute Gasteiger partial charge is 0.409 e. The average molecular weight is 192 g/mol. The summed E-state index contributed by atoms with van der Waals surface area (Å²) in [5.41, 5.74) is 5.26. The maximum absolute atomic E-state index is 8.69. The zero-order chi connectivity index (χ0) is 9.40. The second-order valence-electron chi connectivity index (χ2n) is 2.70. The smallest absolute Gasteiger partial charge is 0.139 e. The van der Waals surface area contributed by atoms with Gasteiger partial charge in [-0.15, -0.1) is 0 Å². The summed E-state index contributed by atoms with van der Waals surface area (Å²) in [7, 11) is 0. The van der Waals surface area contributed by atoms with E-state index in [2.05, 4.69) is 5.16 Å². The van der Waals surface area contributed by atoms with Crippen molar-refractivity contribution in [2.45, 2.75) is 13.3 Å². The Labute approximate surface area is 76.8 Å². The van der Waals surface area contributed by atoms with E-state index in [4.69, 9.17) is 16.0 Å². The number of oxime groups is 1. The van der Waals surface area contributed by atoms with Crippen molar-refractivity contribution in [2.75, 3.05) is 18.1 Å². The predicted molar refractivity (Wildman–Crippen MR) is 51.6 cm³/mol. The monoisotopic (exact) mass is 192 g/mol. The highest BCUT2D eigenvalue weighted by atomic mass is 32.2. The van der Waals surface area contributed by atoms with Gasteiger partial charge in [0.05, 0.1) is 0 Å². The molecule has 0 saturated carbocycles. The molecule has 0 aromatic carbocycles. The number of nitrogens with zero attached hydrogens (tertiary/aromatic N) is 1. The lowest BCUT2D eigenvalue weighted by Crippen LogP contribution is -2.13. The molecule has 0 aromatic heterocycles. The maximum Gasteiger partial charge on any atom is 0.139 e. The van der Waals surface area contributed by atoms with E-state index in [9.17, 15) is 0 Å². The maximum atomic E-state index is 8.69. The van der Waals surface area contributed by atoms with E-state index in [0.29, 0.717) is 12.3 Å². The normalized spacial score (nSPS) is 14.7. The summed E-state index contributed by atoms with van der Waals surface area (Å²) >= 11 is 1.70. The SMILES string of the molecule is CC(CO)CSCCC(N)=NO. The number of hydrogen-bond donors (Lipinski definition) is 3. The molecule has 0 rings (SSSR count). The molecule has 1 atom stereocenters. The third-order valence-corrected chi connectivity index (χ3v) is 2.64. The number of nitrogens with two attached hydrogens (primary N) is 1. The summed E-state index contributed by atoms with van der Waals surface area (Å²) in [5.74, 6) is 2.33. The molecule has 4 nitrogen and oxygen atoms in total. The highest BCUT2D eigenvalue weighted by Gasteiger charge is 2.00. The zero-order valence-corrected chi connectivity index (χ0v) is 8.05. The molecule has 0 aliphatic rings. The molecule has 12 heavy (non-hydrogen) atoms. The Hall–Kier alpha value is -0.420. The van der Waals surface area contributed by atoms with Gasteiger partial charge in [-0.2, -0.15) is 11.8 Å². The van der Waals surface area contributed by atoms with Gasteiger partial charge in [-0.25, -0.2) is 0 Å². The molecule has 0 amide bonds. The van der Waals surface area contributed by atoms with Gasteiger partial charge in [0.25, 0.3) is 0 Å². The number of amidine groups is 1.